The highest BCUT2D eigenvalue weighted by Crippen LogP contribution is 2.28. The summed E-state index contributed by atoms with van der Waals surface area (Å²) in [6.07, 6.45) is 4.60. The van der Waals surface area contributed by atoms with Crippen molar-refractivity contribution in [2.75, 3.05) is 13.1 Å². The third-order valence-electron chi connectivity index (χ3n) is 4.94. The maximum absolute atomic E-state index is 12.7. The second kappa shape index (κ2) is 7.39. The summed E-state index contributed by atoms with van der Waals surface area (Å²) in [4.78, 5) is 14.7. The van der Waals surface area contributed by atoms with E-state index in [9.17, 15) is 4.79 Å². The molecule has 1 saturated heterocycles. The molecule has 0 unspecified atom stereocenters. The van der Waals surface area contributed by atoms with Crippen LogP contribution in [0.15, 0.2) is 36.5 Å². The first kappa shape index (κ1) is 17.0. The molecule has 0 radical (unpaired) electrons. The molecule has 0 N–H and O–H groups in total. The van der Waals surface area contributed by atoms with E-state index < -0.39 is 0 Å². The van der Waals surface area contributed by atoms with Crippen LogP contribution in [0.5, 0.6) is 0 Å². The number of benzene rings is 1. The molecule has 2 heterocycles. The summed E-state index contributed by atoms with van der Waals surface area (Å²) in [5.74, 6) is 0.736. The van der Waals surface area contributed by atoms with Crippen LogP contribution in [-0.4, -0.2) is 33.7 Å². The molecule has 1 aromatic heterocycles. The summed E-state index contributed by atoms with van der Waals surface area (Å²) in [6, 6.07) is 9.86. The number of aromatic nitrogens is 2. The van der Waals surface area contributed by atoms with E-state index in [2.05, 4.69) is 11.2 Å². The van der Waals surface area contributed by atoms with Gasteiger partial charge in [0.1, 0.15) is 0 Å². The highest BCUT2D eigenvalue weighted by atomic mass is 35.5. The van der Waals surface area contributed by atoms with Gasteiger partial charge in [0.25, 0.3) is 0 Å². The molecule has 0 bridgehead atoms. The Labute approximate surface area is 148 Å². The van der Waals surface area contributed by atoms with Gasteiger partial charge in [0.2, 0.25) is 5.91 Å². The van der Waals surface area contributed by atoms with Crippen molar-refractivity contribution in [1.29, 1.82) is 0 Å². The number of piperidine rings is 1. The Morgan fingerprint density at radius 2 is 2.08 bits per heavy atom. The van der Waals surface area contributed by atoms with Crippen molar-refractivity contribution in [1.82, 2.24) is 14.7 Å². The van der Waals surface area contributed by atoms with Gasteiger partial charge in [-0.2, -0.15) is 5.10 Å². The van der Waals surface area contributed by atoms with Gasteiger partial charge < -0.3 is 4.90 Å². The van der Waals surface area contributed by atoms with Crippen molar-refractivity contribution in [2.24, 2.45) is 13.0 Å². The first-order chi connectivity index (χ1) is 11.5. The Morgan fingerprint density at radius 1 is 1.33 bits per heavy atom. The highest BCUT2D eigenvalue weighted by molar-refractivity contribution is 6.30. The fraction of sp³-hybridized carbons (Fsp3) is 0.474. The summed E-state index contributed by atoms with van der Waals surface area (Å²) in [5, 5.41) is 4.98. The number of hydrogen-bond acceptors (Lipinski definition) is 2. The molecule has 128 valence electrons. The summed E-state index contributed by atoms with van der Waals surface area (Å²) in [7, 11) is 1.99. The molecule has 1 fully saturated rings. The van der Waals surface area contributed by atoms with E-state index in [1.807, 2.05) is 54.0 Å². The van der Waals surface area contributed by atoms with Crippen molar-refractivity contribution in [3.8, 4) is 0 Å². The first-order valence-electron chi connectivity index (χ1n) is 8.55. The Hall–Kier alpha value is -1.81. The Balaban J connectivity index is 1.55. The zero-order valence-electron chi connectivity index (χ0n) is 14.3. The van der Waals surface area contributed by atoms with Gasteiger partial charge in [-0.25, -0.2) is 0 Å². The molecule has 0 saturated carbocycles. The molecule has 4 nitrogen and oxygen atoms in total. The second-order valence-electron chi connectivity index (χ2n) is 6.71. The lowest BCUT2D eigenvalue weighted by Gasteiger charge is -2.33. The van der Waals surface area contributed by atoms with Crippen LogP contribution in [0.3, 0.4) is 0 Å². The normalized spacial score (nSPS) is 17.0. The van der Waals surface area contributed by atoms with Gasteiger partial charge in [0, 0.05) is 48.9 Å². The molecule has 1 atom stereocenters. The quantitative estimate of drug-likeness (QED) is 0.848. The number of amides is 1. The number of carbonyl (C=O) groups is 1. The van der Waals surface area contributed by atoms with E-state index in [-0.39, 0.29) is 11.8 Å². The molecule has 0 spiro atoms. The van der Waals surface area contributed by atoms with Crippen molar-refractivity contribution in [3.63, 3.8) is 0 Å². The molecule has 3 rings (SSSR count). The number of nitrogens with zero attached hydrogens (tertiary/aromatic N) is 3. The monoisotopic (exact) mass is 345 g/mol. The predicted molar refractivity (Wildman–Crippen MR) is 96.1 cm³/mol. The van der Waals surface area contributed by atoms with E-state index >= 15 is 0 Å². The summed E-state index contributed by atoms with van der Waals surface area (Å²) < 4.78 is 1.95. The lowest BCUT2D eigenvalue weighted by atomic mass is 9.92. The van der Waals surface area contributed by atoms with E-state index in [4.69, 9.17) is 11.6 Å². The van der Waals surface area contributed by atoms with Gasteiger partial charge in [-0.1, -0.05) is 30.7 Å². The van der Waals surface area contributed by atoms with Crippen molar-refractivity contribution < 1.29 is 4.79 Å². The smallest absolute Gasteiger partial charge is 0.225 e. The molecular formula is C19H24ClN3O. The maximum atomic E-state index is 12.7. The van der Waals surface area contributed by atoms with Gasteiger partial charge in [0.15, 0.2) is 0 Å². The number of hydrogen-bond donors (Lipinski definition) is 0. The van der Waals surface area contributed by atoms with Crippen LogP contribution in [0, 0.1) is 5.92 Å². The fourth-order valence-corrected chi connectivity index (χ4v) is 3.81. The lowest BCUT2D eigenvalue weighted by molar-refractivity contribution is -0.136. The molecular weight excluding hydrogens is 322 g/mol. The van der Waals surface area contributed by atoms with E-state index in [1.165, 1.54) is 5.69 Å². The molecule has 24 heavy (non-hydrogen) atoms. The first-order valence-corrected chi connectivity index (χ1v) is 8.93. The van der Waals surface area contributed by atoms with Crippen LogP contribution in [0.25, 0.3) is 0 Å². The Kier molecular flexibility index (Phi) is 5.24. The predicted octanol–water partition coefficient (Wildman–Crippen LogP) is 3.66. The number of carbonyl (C=O) groups excluding carboxylic acids is 1. The third kappa shape index (κ3) is 3.81. The number of aryl methyl sites for hydroxylation is 1. The molecule has 5 heteroatoms. The molecule has 1 amide bonds. The van der Waals surface area contributed by atoms with E-state index in [0.717, 1.165) is 42.9 Å². The number of likely N-dealkylation sites (tertiary alicyclic amines) is 1. The number of rotatable bonds is 4. The summed E-state index contributed by atoms with van der Waals surface area (Å²) in [5.41, 5.74) is 2.39. The van der Waals surface area contributed by atoms with Gasteiger partial charge in [-0.15, -0.1) is 0 Å². The van der Waals surface area contributed by atoms with Crippen molar-refractivity contribution in [3.05, 3.63) is 52.8 Å². The highest BCUT2D eigenvalue weighted by Gasteiger charge is 2.27. The van der Waals surface area contributed by atoms with Crippen LogP contribution >= 0.6 is 11.6 Å². The molecule has 2 aromatic rings. The van der Waals surface area contributed by atoms with Gasteiger partial charge in [-0.3, -0.25) is 9.48 Å². The minimum absolute atomic E-state index is 0.0169. The van der Waals surface area contributed by atoms with Crippen LogP contribution in [0.2, 0.25) is 5.02 Å². The summed E-state index contributed by atoms with van der Waals surface area (Å²) in [6.45, 7) is 3.67. The van der Waals surface area contributed by atoms with E-state index in [1.54, 1.807) is 0 Å². The van der Waals surface area contributed by atoms with Crippen molar-refractivity contribution >= 4 is 17.5 Å². The molecule has 1 aliphatic heterocycles. The van der Waals surface area contributed by atoms with Crippen LogP contribution in [0.1, 0.15) is 36.9 Å². The van der Waals surface area contributed by atoms with Gasteiger partial charge in [0.05, 0.1) is 0 Å². The van der Waals surface area contributed by atoms with E-state index in [0.29, 0.717) is 5.92 Å². The third-order valence-corrected chi connectivity index (χ3v) is 5.17. The topological polar surface area (TPSA) is 38.1 Å². The fourth-order valence-electron chi connectivity index (χ4n) is 3.60. The lowest BCUT2D eigenvalue weighted by Crippen LogP contribution is -2.41. The van der Waals surface area contributed by atoms with Crippen LogP contribution < -0.4 is 0 Å². The average Bonchev–Trinajstić information content (AvgIpc) is 3.00. The zero-order valence-corrected chi connectivity index (χ0v) is 15.0. The van der Waals surface area contributed by atoms with Crippen LogP contribution in [-0.2, 0) is 18.3 Å². The number of halogens is 1. The van der Waals surface area contributed by atoms with Crippen LogP contribution in [0.4, 0.5) is 0 Å². The molecule has 1 aromatic carbocycles. The van der Waals surface area contributed by atoms with Crippen molar-refractivity contribution in [2.45, 2.75) is 32.1 Å². The minimum atomic E-state index is -0.0169. The van der Waals surface area contributed by atoms with Gasteiger partial charge in [-0.05, 0) is 43.0 Å². The summed E-state index contributed by atoms with van der Waals surface area (Å²) >= 11 is 6.03. The molecule has 0 aliphatic carbocycles. The minimum Gasteiger partial charge on any atom is -0.342 e. The maximum Gasteiger partial charge on any atom is 0.225 e. The Bertz CT molecular complexity index is 704. The Morgan fingerprint density at radius 3 is 2.71 bits per heavy atom. The standard InChI is InChI=1S/C19H24ClN3O/c1-14(12-15-4-3-5-17(20)13-15)19(24)23-10-7-16(8-11-23)18-6-9-21-22(18)2/h3-6,9,13-14,16H,7-8,10-12H2,1-2H3/t14-/m0/s1. The van der Waals surface area contributed by atoms with Gasteiger partial charge >= 0.3 is 0 Å². The SMILES string of the molecule is C[C@@H](Cc1cccc(Cl)c1)C(=O)N1CCC(c2ccnn2C)CC1. The molecule has 1 aliphatic rings. The average molecular weight is 346 g/mol. The zero-order chi connectivity index (χ0) is 17.1. The second-order valence-corrected chi connectivity index (χ2v) is 7.15. The largest absolute Gasteiger partial charge is 0.342 e.